The Kier molecular flexibility index (Phi) is 6.95. The number of hydrogen-bond donors (Lipinski definition) is 2. The van der Waals surface area contributed by atoms with Gasteiger partial charge in [-0.25, -0.2) is 4.98 Å². The van der Waals surface area contributed by atoms with Crippen molar-refractivity contribution >= 4 is 50.6 Å². The molecular formula is C20H25N3O2S3. The van der Waals surface area contributed by atoms with Gasteiger partial charge < -0.3 is 10.3 Å². The number of aromatic nitrogens is 2. The van der Waals surface area contributed by atoms with Crippen molar-refractivity contribution in [3.8, 4) is 0 Å². The van der Waals surface area contributed by atoms with E-state index in [1.54, 1.807) is 22.7 Å². The summed E-state index contributed by atoms with van der Waals surface area (Å²) in [6, 6.07) is 3.96. The van der Waals surface area contributed by atoms with Crippen molar-refractivity contribution in [1.82, 2.24) is 15.3 Å². The number of thiophene rings is 2. The Morgan fingerprint density at radius 3 is 2.86 bits per heavy atom. The number of carbonyl (C=O) groups excluding carboxylic acids is 1. The van der Waals surface area contributed by atoms with E-state index in [2.05, 4.69) is 36.1 Å². The Morgan fingerprint density at radius 1 is 1.39 bits per heavy atom. The van der Waals surface area contributed by atoms with E-state index in [1.165, 1.54) is 11.8 Å². The molecule has 3 aromatic rings. The summed E-state index contributed by atoms with van der Waals surface area (Å²) in [5.41, 5.74) is 1.00. The highest BCUT2D eigenvalue weighted by atomic mass is 32.2. The molecule has 2 atom stereocenters. The van der Waals surface area contributed by atoms with E-state index in [-0.39, 0.29) is 23.3 Å². The van der Waals surface area contributed by atoms with Gasteiger partial charge in [-0.05, 0) is 43.2 Å². The van der Waals surface area contributed by atoms with E-state index in [4.69, 9.17) is 0 Å². The maximum Gasteiger partial charge on any atom is 0.260 e. The topological polar surface area (TPSA) is 74.8 Å². The van der Waals surface area contributed by atoms with Gasteiger partial charge in [-0.3, -0.25) is 9.59 Å². The molecule has 2 N–H and O–H groups in total. The van der Waals surface area contributed by atoms with E-state index in [9.17, 15) is 9.59 Å². The smallest absolute Gasteiger partial charge is 0.260 e. The monoisotopic (exact) mass is 435 g/mol. The van der Waals surface area contributed by atoms with E-state index < -0.39 is 0 Å². The first-order chi connectivity index (χ1) is 13.4. The summed E-state index contributed by atoms with van der Waals surface area (Å²) in [4.78, 5) is 35.4. The molecule has 0 saturated heterocycles. The summed E-state index contributed by atoms with van der Waals surface area (Å²) in [5.74, 6) is 0.668. The fourth-order valence-electron chi connectivity index (χ4n) is 2.99. The number of aromatic amines is 1. The number of nitrogens with zero attached hydrogens (tertiary/aromatic N) is 1. The number of amides is 1. The summed E-state index contributed by atoms with van der Waals surface area (Å²) in [5, 5.41) is 6.18. The minimum Gasteiger partial charge on any atom is -0.348 e. The molecule has 5 nitrogen and oxygen atoms in total. The van der Waals surface area contributed by atoms with Crippen LogP contribution in [-0.4, -0.2) is 21.6 Å². The molecule has 0 aliphatic rings. The molecule has 0 aliphatic carbocycles. The van der Waals surface area contributed by atoms with Crippen molar-refractivity contribution in [3.63, 3.8) is 0 Å². The molecule has 3 aromatic heterocycles. The van der Waals surface area contributed by atoms with Crippen LogP contribution in [-0.2, 0) is 11.2 Å². The molecule has 3 rings (SSSR count). The van der Waals surface area contributed by atoms with Crippen molar-refractivity contribution < 1.29 is 4.79 Å². The molecule has 28 heavy (non-hydrogen) atoms. The van der Waals surface area contributed by atoms with Crippen LogP contribution in [0.1, 0.15) is 48.6 Å². The third kappa shape index (κ3) is 4.85. The lowest BCUT2D eigenvalue weighted by Crippen LogP contribution is -2.27. The number of H-pyrrole nitrogens is 1. The molecule has 0 saturated carbocycles. The summed E-state index contributed by atoms with van der Waals surface area (Å²) >= 11 is 4.44. The quantitative estimate of drug-likeness (QED) is 0.389. The first-order valence-corrected chi connectivity index (χ1v) is 12.0. The van der Waals surface area contributed by atoms with E-state index in [1.807, 2.05) is 24.4 Å². The SMILES string of the molecule is CCC(C)Cc1c(C)sc2nc(SCC(=O)NC(C)c3cccs3)[nH]c(=O)c12. The molecule has 0 fully saturated rings. The van der Waals surface area contributed by atoms with Crippen molar-refractivity contribution in [1.29, 1.82) is 0 Å². The second kappa shape index (κ2) is 9.24. The van der Waals surface area contributed by atoms with Crippen molar-refractivity contribution in [2.45, 2.75) is 51.7 Å². The molecule has 8 heteroatoms. The third-order valence-corrected chi connectivity index (χ3v) is 7.75. The predicted molar refractivity (Wildman–Crippen MR) is 120 cm³/mol. The molecule has 0 aromatic carbocycles. The van der Waals surface area contributed by atoms with E-state index in [0.717, 1.165) is 33.0 Å². The molecule has 3 heterocycles. The number of aryl methyl sites for hydroxylation is 1. The minimum absolute atomic E-state index is 0.0225. The standard InChI is InChI=1S/C20H25N3O2S3/c1-5-11(2)9-14-13(4)28-19-17(14)18(25)22-20(23-19)27-10-16(24)21-12(3)15-7-6-8-26-15/h6-8,11-12H,5,9-10H2,1-4H3,(H,21,24)(H,22,23,25). The van der Waals surface area contributed by atoms with Crippen LogP contribution in [0.3, 0.4) is 0 Å². The second-order valence-electron chi connectivity index (χ2n) is 7.00. The van der Waals surface area contributed by atoms with Crippen molar-refractivity contribution in [2.75, 3.05) is 5.75 Å². The first-order valence-electron chi connectivity index (χ1n) is 9.36. The predicted octanol–water partition coefficient (Wildman–Crippen LogP) is 4.91. The van der Waals surface area contributed by atoms with Gasteiger partial charge in [0.15, 0.2) is 5.16 Å². The molecule has 0 spiro atoms. The Hall–Kier alpha value is -1.64. The van der Waals surface area contributed by atoms with Crippen LogP contribution in [0, 0.1) is 12.8 Å². The van der Waals surface area contributed by atoms with Gasteiger partial charge in [0.05, 0.1) is 17.2 Å². The van der Waals surface area contributed by atoms with Crippen LogP contribution in [0.15, 0.2) is 27.5 Å². The highest BCUT2D eigenvalue weighted by Crippen LogP contribution is 2.30. The summed E-state index contributed by atoms with van der Waals surface area (Å²) in [6.45, 7) is 8.38. The summed E-state index contributed by atoms with van der Waals surface area (Å²) in [6.07, 6.45) is 1.97. The molecule has 2 unspecified atom stereocenters. The van der Waals surface area contributed by atoms with Gasteiger partial charge in [0.2, 0.25) is 5.91 Å². The second-order valence-corrected chi connectivity index (χ2v) is 10.1. The normalized spacial score (nSPS) is 13.6. The Bertz CT molecular complexity index is 1010. The fraction of sp³-hybridized carbons (Fsp3) is 0.450. The van der Waals surface area contributed by atoms with Gasteiger partial charge in [-0.15, -0.1) is 22.7 Å². The van der Waals surface area contributed by atoms with Crippen LogP contribution >= 0.6 is 34.4 Å². The van der Waals surface area contributed by atoms with Crippen LogP contribution in [0.5, 0.6) is 0 Å². The first kappa shape index (κ1) is 21.1. The zero-order valence-corrected chi connectivity index (χ0v) is 18.9. The van der Waals surface area contributed by atoms with Crippen LogP contribution < -0.4 is 10.9 Å². The van der Waals surface area contributed by atoms with Gasteiger partial charge >= 0.3 is 0 Å². The van der Waals surface area contributed by atoms with E-state index in [0.29, 0.717) is 16.5 Å². The zero-order valence-electron chi connectivity index (χ0n) is 16.5. The maximum atomic E-state index is 12.7. The average Bonchev–Trinajstić information content (AvgIpc) is 3.29. The Labute approximate surface area is 177 Å². The third-order valence-electron chi connectivity index (χ3n) is 4.78. The van der Waals surface area contributed by atoms with Gasteiger partial charge in [0.1, 0.15) is 4.83 Å². The number of nitrogens with one attached hydrogen (secondary N) is 2. The molecule has 0 bridgehead atoms. The largest absolute Gasteiger partial charge is 0.348 e. The number of rotatable bonds is 8. The van der Waals surface area contributed by atoms with Gasteiger partial charge in [0.25, 0.3) is 5.56 Å². The summed E-state index contributed by atoms with van der Waals surface area (Å²) < 4.78 is 0. The Balaban J connectivity index is 1.70. The van der Waals surface area contributed by atoms with Gasteiger partial charge in [-0.1, -0.05) is 38.1 Å². The molecule has 0 aliphatic heterocycles. The van der Waals surface area contributed by atoms with Crippen LogP contribution in [0.25, 0.3) is 10.2 Å². The number of thioether (sulfide) groups is 1. The highest BCUT2D eigenvalue weighted by Gasteiger charge is 2.17. The number of carbonyl (C=O) groups is 1. The van der Waals surface area contributed by atoms with Crippen LogP contribution in [0.4, 0.5) is 0 Å². The van der Waals surface area contributed by atoms with Crippen molar-refractivity contribution in [2.24, 2.45) is 5.92 Å². The van der Waals surface area contributed by atoms with Crippen LogP contribution in [0.2, 0.25) is 0 Å². The average molecular weight is 436 g/mol. The van der Waals surface area contributed by atoms with Gasteiger partial charge in [-0.2, -0.15) is 0 Å². The lowest BCUT2D eigenvalue weighted by molar-refractivity contribution is -0.119. The molecule has 0 radical (unpaired) electrons. The fourth-order valence-corrected chi connectivity index (χ4v) is 5.51. The zero-order chi connectivity index (χ0) is 20.3. The van der Waals surface area contributed by atoms with E-state index >= 15 is 0 Å². The highest BCUT2D eigenvalue weighted by molar-refractivity contribution is 7.99. The molecule has 150 valence electrons. The summed E-state index contributed by atoms with van der Waals surface area (Å²) in [7, 11) is 0. The lowest BCUT2D eigenvalue weighted by atomic mass is 9.98. The Morgan fingerprint density at radius 2 is 2.18 bits per heavy atom. The number of hydrogen-bond acceptors (Lipinski definition) is 6. The number of fused-ring (bicyclic) bond motifs is 1. The maximum absolute atomic E-state index is 12.7. The van der Waals surface area contributed by atoms with Gasteiger partial charge in [0, 0.05) is 9.75 Å². The van der Waals surface area contributed by atoms with Crippen molar-refractivity contribution in [3.05, 3.63) is 43.2 Å². The molecule has 1 amide bonds. The lowest BCUT2D eigenvalue weighted by Gasteiger charge is -2.11. The molecular weight excluding hydrogens is 410 g/mol. The minimum atomic E-state index is -0.109.